The Morgan fingerprint density at radius 3 is 2.36 bits per heavy atom. The van der Waals surface area contributed by atoms with Gasteiger partial charge in [0.1, 0.15) is 0 Å². The van der Waals surface area contributed by atoms with Crippen LogP contribution in [0.25, 0.3) is 0 Å². The van der Waals surface area contributed by atoms with E-state index in [1.165, 1.54) is 30.6 Å². The van der Waals surface area contributed by atoms with Gasteiger partial charge in [0.15, 0.2) is 15.6 Å². The average molecular weight is 392 g/mol. The summed E-state index contributed by atoms with van der Waals surface area (Å²) in [5.41, 5.74) is 2.06. The lowest BCUT2D eigenvalue weighted by Crippen LogP contribution is -2.08. The van der Waals surface area contributed by atoms with Gasteiger partial charge < -0.3 is 5.32 Å². The Hall–Kier alpha value is -3.57. The smallest absolute Gasteiger partial charge is 0.222 e. The van der Waals surface area contributed by atoms with E-state index in [2.05, 4.69) is 21.4 Å². The molecule has 0 aliphatic heterocycles. The highest BCUT2D eigenvalue weighted by Gasteiger charge is 2.14. The minimum atomic E-state index is -3.40. The molecule has 0 amide bonds. The highest BCUT2D eigenvalue weighted by Crippen LogP contribution is 2.15. The van der Waals surface area contributed by atoms with Gasteiger partial charge >= 0.3 is 0 Å². The molecular formula is C20H16N4O3S. The van der Waals surface area contributed by atoms with E-state index in [1.807, 2.05) is 12.1 Å². The molecule has 2 aromatic carbocycles. The van der Waals surface area contributed by atoms with Crippen LogP contribution in [0.4, 0.5) is 5.95 Å². The van der Waals surface area contributed by atoms with E-state index < -0.39 is 9.84 Å². The number of nitrogens with one attached hydrogen (secondary N) is 1. The minimum Gasteiger partial charge on any atom is -0.350 e. The number of ketones is 1. The number of sulfone groups is 1. The third-order valence-electron chi connectivity index (χ3n) is 3.97. The zero-order valence-corrected chi connectivity index (χ0v) is 15.8. The number of anilines is 1. The largest absolute Gasteiger partial charge is 0.350 e. The summed E-state index contributed by atoms with van der Waals surface area (Å²) in [6.07, 6.45) is 3.88. The molecule has 0 bridgehead atoms. The number of hydrogen-bond donors (Lipinski definition) is 1. The maximum atomic E-state index is 12.6. The first kappa shape index (κ1) is 19.2. The number of carbonyl (C=O) groups is 1. The predicted molar refractivity (Wildman–Crippen MR) is 104 cm³/mol. The second-order valence-electron chi connectivity index (χ2n) is 6.09. The van der Waals surface area contributed by atoms with Gasteiger partial charge in [-0.25, -0.2) is 18.4 Å². The van der Waals surface area contributed by atoms with Crippen LogP contribution in [-0.2, 0) is 16.4 Å². The van der Waals surface area contributed by atoms with E-state index >= 15 is 0 Å². The van der Waals surface area contributed by atoms with Crippen LogP contribution in [0.3, 0.4) is 0 Å². The van der Waals surface area contributed by atoms with Gasteiger partial charge in [-0.2, -0.15) is 5.26 Å². The molecule has 0 spiro atoms. The molecule has 7 nitrogen and oxygen atoms in total. The Bertz CT molecular complexity index is 1150. The van der Waals surface area contributed by atoms with Crippen LogP contribution >= 0.6 is 0 Å². The molecule has 0 saturated carbocycles. The Balaban J connectivity index is 1.70. The maximum Gasteiger partial charge on any atom is 0.222 e. The van der Waals surface area contributed by atoms with E-state index in [0.29, 0.717) is 18.1 Å². The second kappa shape index (κ2) is 7.98. The summed E-state index contributed by atoms with van der Waals surface area (Å²) in [7, 11) is -3.40. The Labute approximate surface area is 162 Å². The maximum absolute atomic E-state index is 12.6. The van der Waals surface area contributed by atoms with Crippen molar-refractivity contribution in [2.24, 2.45) is 0 Å². The summed E-state index contributed by atoms with van der Waals surface area (Å²) >= 11 is 0. The number of nitrogens with zero attached hydrogens (tertiary/aromatic N) is 3. The summed E-state index contributed by atoms with van der Waals surface area (Å²) in [5.74, 6) is -0.00469. The van der Waals surface area contributed by atoms with Crippen molar-refractivity contribution < 1.29 is 13.2 Å². The summed E-state index contributed by atoms with van der Waals surface area (Å²) in [6.45, 7) is 0.468. The van der Waals surface area contributed by atoms with Crippen LogP contribution in [0, 0.1) is 11.3 Å². The van der Waals surface area contributed by atoms with Gasteiger partial charge in [0.25, 0.3) is 0 Å². The number of aromatic nitrogens is 2. The average Bonchev–Trinajstić information content (AvgIpc) is 2.72. The SMILES string of the molecule is CS(=O)(=O)c1cccc(C(=O)c2cnc(NCc3ccc(C#N)cc3)nc2)c1. The topological polar surface area (TPSA) is 113 Å². The molecule has 0 atom stereocenters. The molecule has 1 aromatic heterocycles. The number of hydrogen-bond acceptors (Lipinski definition) is 7. The molecule has 0 radical (unpaired) electrons. The van der Waals surface area contributed by atoms with Crippen molar-refractivity contribution in [1.82, 2.24) is 9.97 Å². The van der Waals surface area contributed by atoms with Gasteiger partial charge in [-0.1, -0.05) is 24.3 Å². The quantitative estimate of drug-likeness (QED) is 0.642. The van der Waals surface area contributed by atoms with Crippen LogP contribution in [-0.4, -0.2) is 30.4 Å². The molecule has 28 heavy (non-hydrogen) atoms. The van der Waals surface area contributed by atoms with Crippen LogP contribution in [0.15, 0.2) is 65.8 Å². The van der Waals surface area contributed by atoms with Crippen LogP contribution < -0.4 is 5.32 Å². The van der Waals surface area contributed by atoms with Crippen LogP contribution in [0.2, 0.25) is 0 Å². The van der Waals surface area contributed by atoms with Gasteiger partial charge in [-0.3, -0.25) is 4.79 Å². The summed E-state index contributed by atoms with van der Waals surface area (Å²) < 4.78 is 23.3. The standard InChI is InChI=1S/C20H16N4O3S/c1-28(26,27)18-4-2-3-16(9-18)19(25)17-12-23-20(24-13-17)22-11-15-7-5-14(10-21)6-8-15/h2-9,12-13H,11H2,1H3,(H,22,23,24). The van der Waals surface area contributed by atoms with Crippen molar-refractivity contribution in [2.45, 2.75) is 11.4 Å². The lowest BCUT2D eigenvalue weighted by molar-refractivity contribution is 0.103. The Morgan fingerprint density at radius 2 is 1.75 bits per heavy atom. The zero-order chi connectivity index (χ0) is 20.1. The Kier molecular flexibility index (Phi) is 5.47. The Morgan fingerprint density at radius 1 is 1.07 bits per heavy atom. The summed E-state index contributed by atoms with van der Waals surface area (Å²) in [4.78, 5) is 20.9. The highest BCUT2D eigenvalue weighted by atomic mass is 32.2. The highest BCUT2D eigenvalue weighted by molar-refractivity contribution is 7.90. The molecule has 3 aromatic rings. The molecular weight excluding hydrogens is 376 g/mol. The van der Waals surface area contributed by atoms with E-state index in [4.69, 9.17) is 5.26 Å². The van der Waals surface area contributed by atoms with E-state index in [9.17, 15) is 13.2 Å². The van der Waals surface area contributed by atoms with Crippen LogP contribution in [0.1, 0.15) is 27.0 Å². The first-order chi connectivity index (χ1) is 13.4. The third-order valence-corrected chi connectivity index (χ3v) is 5.08. The summed E-state index contributed by atoms with van der Waals surface area (Å²) in [6, 6.07) is 15.0. The van der Waals surface area contributed by atoms with Crippen molar-refractivity contribution in [3.05, 3.63) is 83.2 Å². The number of rotatable bonds is 6. The number of carbonyl (C=O) groups excluding carboxylic acids is 1. The van der Waals surface area contributed by atoms with Crippen molar-refractivity contribution in [3.8, 4) is 6.07 Å². The molecule has 1 N–H and O–H groups in total. The van der Waals surface area contributed by atoms with E-state index in [1.54, 1.807) is 18.2 Å². The lowest BCUT2D eigenvalue weighted by atomic mass is 10.1. The van der Waals surface area contributed by atoms with Gasteiger partial charge in [0.05, 0.1) is 22.1 Å². The van der Waals surface area contributed by atoms with Crippen molar-refractivity contribution in [3.63, 3.8) is 0 Å². The van der Waals surface area contributed by atoms with Gasteiger partial charge in [-0.15, -0.1) is 0 Å². The summed E-state index contributed by atoms with van der Waals surface area (Å²) in [5, 5.41) is 11.8. The van der Waals surface area contributed by atoms with E-state index in [-0.39, 0.29) is 21.8 Å². The minimum absolute atomic E-state index is 0.0833. The molecule has 3 rings (SSSR count). The van der Waals surface area contributed by atoms with Crippen molar-refractivity contribution in [2.75, 3.05) is 11.6 Å². The molecule has 0 unspecified atom stereocenters. The fourth-order valence-electron chi connectivity index (χ4n) is 2.45. The van der Waals surface area contributed by atoms with E-state index in [0.717, 1.165) is 11.8 Å². The van der Waals surface area contributed by atoms with Crippen LogP contribution in [0.5, 0.6) is 0 Å². The third kappa shape index (κ3) is 4.58. The molecule has 140 valence electrons. The molecule has 0 saturated heterocycles. The van der Waals surface area contributed by atoms with Gasteiger partial charge in [0, 0.05) is 30.8 Å². The second-order valence-corrected chi connectivity index (χ2v) is 8.10. The molecule has 0 aliphatic rings. The first-order valence-corrected chi connectivity index (χ1v) is 10.2. The fourth-order valence-corrected chi connectivity index (χ4v) is 3.12. The van der Waals surface area contributed by atoms with Gasteiger partial charge in [-0.05, 0) is 29.8 Å². The molecule has 8 heteroatoms. The monoisotopic (exact) mass is 392 g/mol. The van der Waals surface area contributed by atoms with Crippen molar-refractivity contribution >= 4 is 21.6 Å². The molecule has 1 heterocycles. The molecule has 0 fully saturated rings. The normalized spacial score (nSPS) is 10.9. The number of benzene rings is 2. The number of nitriles is 1. The van der Waals surface area contributed by atoms with Gasteiger partial charge in [0.2, 0.25) is 5.95 Å². The predicted octanol–water partition coefficient (Wildman–Crippen LogP) is 2.59. The first-order valence-electron chi connectivity index (χ1n) is 8.26. The zero-order valence-electron chi connectivity index (χ0n) is 15.0. The molecule has 0 aliphatic carbocycles. The fraction of sp³-hybridized carbons (Fsp3) is 0.100. The van der Waals surface area contributed by atoms with Crippen molar-refractivity contribution in [1.29, 1.82) is 5.26 Å². The lowest BCUT2D eigenvalue weighted by Gasteiger charge is -2.06.